The van der Waals surface area contributed by atoms with E-state index in [9.17, 15) is 4.79 Å². The summed E-state index contributed by atoms with van der Waals surface area (Å²) in [7, 11) is 0. The maximum atomic E-state index is 12.1. The average molecular weight is 288 g/mol. The average Bonchev–Trinajstić information content (AvgIpc) is 3.16. The highest BCUT2D eigenvalue weighted by atomic mass is 16.7. The zero-order valence-corrected chi connectivity index (χ0v) is 12.0. The van der Waals surface area contributed by atoms with E-state index < -0.39 is 0 Å². The summed E-state index contributed by atoms with van der Waals surface area (Å²) in [6, 6.07) is 9.22. The number of fused-ring (bicyclic) bond motifs is 1. The number of esters is 1. The first kappa shape index (κ1) is 13.3. The van der Waals surface area contributed by atoms with Crippen LogP contribution >= 0.6 is 0 Å². The Hall–Kier alpha value is -1.39. The van der Waals surface area contributed by atoms with Crippen LogP contribution < -0.4 is 0 Å². The third-order valence-electron chi connectivity index (χ3n) is 5.04. The number of benzene rings is 1. The van der Waals surface area contributed by atoms with Gasteiger partial charge < -0.3 is 14.2 Å². The van der Waals surface area contributed by atoms with Gasteiger partial charge in [0, 0.05) is 12.8 Å². The molecule has 0 N–H and O–H groups in total. The van der Waals surface area contributed by atoms with Gasteiger partial charge in [0.2, 0.25) is 0 Å². The van der Waals surface area contributed by atoms with Crippen molar-refractivity contribution in [2.75, 3.05) is 13.2 Å². The Bertz CT molecular complexity index is 505. The predicted molar refractivity (Wildman–Crippen MR) is 75.7 cm³/mol. The van der Waals surface area contributed by atoms with Crippen molar-refractivity contribution in [1.29, 1.82) is 0 Å². The van der Waals surface area contributed by atoms with Gasteiger partial charge in [0.15, 0.2) is 5.79 Å². The highest BCUT2D eigenvalue weighted by Gasteiger charge is 2.53. The van der Waals surface area contributed by atoms with E-state index in [0.29, 0.717) is 30.6 Å². The van der Waals surface area contributed by atoms with Crippen molar-refractivity contribution in [3.63, 3.8) is 0 Å². The third kappa shape index (κ3) is 2.47. The van der Waals surface area contributed by atoms with E-state index in [4.69, 9.17) is 14.2 Å². The molecule has 112 valence electrons. The van der Waals surface area contributed by atoms with E-state index in [-0.39, 0.29) is 17.9 Å². The maximum Gasteiger partial charge on any atom is 0.338 e. The van der Waals surface area contributed by atoms with Gasteiger partial charge in [-0.3, -0.25) is 0 Å². The maximum absolute atomic E-state index is 12.1. The highest BCUT2D eigenvalue weighted by Crippen LogP contribution is 2.52. The molecule has 1 aromatic carbocycles. The van der Waals surface area contributed by atoms with E-state index in [1.54, 1.807) is 12.1 Å². The topological polar surface area (TPSA) is 44.8 Å². The number of hydrogen-bond acceptors (Lipinski definition) is 4. The summed E-state index contributed by atoms with van der Waals surface area (Å²) in [5.74, 6) is 0.612. The Kier molecular flexibility index (Phi) is 3.23. The fraction of sp³-hybridized carbons (Fsp3) is 0.588. The minimum Gasteiger partial charge on any atom is -0.459 e. The molecule has 3 atom stereocenters. The van der Waals surface area contributed by atoms with Gasteiger partial charge in [0.05, 0.1) is 18.8 Å². The molecule has 21 heavy (non-hydrogen) atoms. The second-order valence-corrected chi connectivity index (χ2v) is 6.40. The van der Waals surface area contributed by atoms with Gasteiger partial charge in [0.25, 0.3) is 0 Å². The quantitative estimate of drug-likeness (QED) is 0.785. The first-order chi connectivity index (χ1) is 10.2. The molecule has 1 unspecified atom stereocenters. The van der Waals surface area contributed by atoms with Crippen LogP contribution in [0, 0.1) is 11.8 Å². The second kappa shape index (κ2) is 5.11. The molecule has 1 aliphatic heterocycles. The van der Waals surface area contributed by atoms with Crippen molar-refractivity contribution in [3.05, 3.63) is 35.9 Å². The second-order valence-electron chi connectivity index (χ2n) is 6.40. The normalized spacial score (nSPS) is 33.2. The Labute approximate surface area is 124 Å². The Morgan fingerprint density at radius 3 is 2.29 bits per heavy atom. The summed E-state index contributed by atoms with van der Waals surface area (Å²) < 4.78 is 17.3. The molecule has 1 heterocycles. The number of rotatable bonds is 2. The zero-order valence-electron chi connectivity index (χ0n) is 12.0. The number of ether oxygens (including phenoxy) is 3. The summed E-state index contributed by atoms with van der Waals surface area (Å²) in [6.45, 7) is 1.43. The molecule has 4 nitrogen and oxygen atoms in total. The van der Waals surface area contributed by atoms with Crippen LogP contribution in [0.1, 0.15) is 36.0 Å². The molecule has 3 fully saturated rings. The molecule has 3 aliphatic rings. The fourth-order valence-corrected chi connectivity index (χ4v) is 4.16. The van der Waals surface area contributed by atoms with Crippen LogP contribution in [0.4, 0.5) is 0 Å². The molecule has 1 spiro atoms. The Morgan fingerprint density at radius 1 is 1.05 bits per heavy atom. The summed E-state index contributed by atoms with van der Waals surface area (Å²) in [4.78, 5) is 12.1. The van der Waals surface area contributed by atoms with Gasteiger partial charge in [-0.15, -0.1) is 0 Å². The van der Waals surface area contributed by atoms with Gasteiger partial charge in [-0.1, -0.05) is 18.2 Å². The lowest BCUT2D eigenvalue weighted by atomic mass is 10.0. The molecule has 2 aliphatic carbocycles. The van der Waals surface area contributed by atoms with Crippen molar-refractivity contribution >= 4 is 5.97 Å². The minimum absolute atomic E-state index is 0.0476. The van der Waals surface area contributed by atoms with E-state index in [1.165, 1.54) is 0 Å². The molecule has 1 aromatic rings. The van der Waals surface area contributed by atoms with Crippen molar-refractivity contribution in [1.82, 2.24) is 0 Å². The molecular weight excluding hydrogens is 268 g/mol. The van der Waals surface area contributed by atoms with Gasteiger partial charge in [-0.25, -0.2) is 4.79 Å². The highest BCUT2D eigenvalue weighted by molar-refractivity contribution is 5.89. The SMILES string of the molecule is O=C(OC1C[C@@H]2CC3(C[C@@H]2C1)OCCO3)c1ccccc1. The van der Waals surface area contributed by atoms with Crippen LogP contribution in [-0.4, -0.2) is 31.1 Å². The Morgan fingerprint density at radius 2 is 1.67 bits per heavy atom. The Balaban J connectivity index is 1.35. The lowest BCUT2D eigenvalue weighted by Gasteiger charge is -2.23. The van der Waals surface area contributed by atoms with Crippen LogP contribution in [0.2, 0.25) is 0 Å². The standard InChI is InChI=1S/C17H20O4/c18-16(12-4-2-1-3-5-12)21-15-8-13-10-17(11-14(13)9-15)19-6-7-20-17/h1-5,13-15H,6-11H2/t13-,14+,15?. The number of carbonyl (C=O) groups is 1. The van der Waals surface area contributed by atoms with Crippen LogP contribution in [0.15, 0.2) is 30.3 Å². The van der Waals surface area contributed by atoms with E-state index in [0.717, 1.165) is 25.7 Å². The summed E-state index contributed by atoms with van der Waals surface area (Å²) in [5.41, 5.74) is 0.633. The molecule has 0 aromatic heterocycles. The smallest absolute Gasteiger partial charge is 0.338 e. The first-order valence-electron chi connectivity index (χ1n) is 7.78. The van der Waals surface area contributed by atoms with Crippen molar-refractivity contribution in [2.24, 2.45) is 11.8 Å². The molecule has 4 rings (SSSR count). The number of carbonyl (C=O) groups excluding carboxylic acids is 1. The van der Waals surface area contributed by atoms with Crippen molar-refractivity contribution in [2.45, 2.75) is 37.6 Å². The monoisotopic (exact) mass is 288 g/mol. The van der Waals surface area contributed by atoms with Gasteiger partial charge in [0.1, 0.15) is 6.10 Å². The predicted octanol–water partition coefficient (Wildman–Crippen LogP) is 2.78. The van der Waals surface area contributed by atoms with Crippen LogP contribution in [0.3, 0.4) is 0 Å². The minimum atomic E-state index is -0.316. The van der Waals surface area contributed by atoms with Gasteiger partial charge >= 0.3 is 5.97 Å². The molecule has 0 bridgehead atoms. The van der Waals surface area contributed by atoms with Crippen LogP contribution in [0.25, 0.3) is 0 Å². The molecule has 1 saturated heterocycles. The number of hydrogen-bond donors (Lipinski definition) is 0. The van der Waals surface area contributed by atoms with Crippen molar-refractivity contribution in [3.8, 4) is 0 Å². The molecule has 2 saturated carbocycles. The molecule has 0 amide bonds. The van der Waals surface area contributed by atoms with Crippen molar-refractivity contribution < 1.29 is 19.0 Å². The summed E-state index contributed by atoms with van der Waals surface area (Å²) in [5, 5.41) is 0. The van der Waals surface area contributed by atoms with Gasteiger partial charge in [-0.2, -0.15) is 0 Å². The van der Waals surface area contributed by atoms with E-state index in [1.807, 2.05) is 18.2 Å². The lowest BCUT2D eigenvalue weighted by molar-refractivity contribution is -0.156. The first-order valence-corrected chi connectivity index (χ1v) is 7.78. The lowest BCUT2D eigenvalue weighted by Crippen LogP contribution is -2.28. The van der Waals surface area contributed by atoms with Gasteiger partial charge in [-0.05, 0) is 36.8 Å². The molecular formula is C17H20O4. The summed E-state index contributed by atoms with van der Waals surface area (Å²) in [6.07, 6.45) is 3.84. The fourth-order valence-electron chi connectivity index (χ4n) is 4.16. The van der Waals surface area contributed by atoms with Crippen LogP contribution in [0.5, 0.6) is 0 Å². The largest absolute Gasteiger partial charge is 0.459 e. The van der Waals surface area contributed by atoms with E-state index in [2.05, 4.69) is 0 Å². The zero-order chi connectivity index (χ0) is 14.3. The van der Waals surface area contributed by atoms with E-state index >= 15 is 0 Å². The van der Waals surface area contributed by atoms with Crippen LogP contribution in [-0.2, 0) is 14.2 Å². The molecule has 0 radical (unpaired) electrons. The third-order valence-corrected chi connectivity index (χ3v) is 5.04. The summed E-state index contributed by atoms with van der Waals surface area (Å²) >= 11 is 0. The molecule has 4 heteroatoms.